The van der Waals surface area contributed by atoms with Crippen molar-refractivity contribution in [1.29, 1.82) is 0 Å². The van der Waals surface area contributed by atoms with Gasteiger partial charge in [0.2, 0.25) is 5.91 Å². The van der Waals surface area contributed by atoms with Gasteiger partial charge < -0.3 is 24.9 Å². The average Bonchev–Trinajstić information content (AvgIpc) is 3.01. The summed E-state index contributed by atoms with van der Waals surface area (Å²) < 4.78 is 5.42. The van der Waals surface area contributed by atoms with Crippen molar-refractivity contribution >= 4 is 28.3 Å². The maximum atomic E-state index is 12.5. The van der Waals surface area contributed by atoms with Gasteiger partial charge in [0.1, 0.15) is 0 Å². The van der Waals surface area contributed by atoms with Crippen molar-refractivity contribution in [2.45, 2.75) is 6.42 Å². The lowest BCUT2D eigenvalue weighted by Gasteiger charge is -2.30. The van der Waals surface area contributed by atoms with E-state index in [1.807, 2.05) is 36.4 Å². The number of fused-ring (bicyclic) bond motifs is 1. The second kappa shape index (κ2) is 7.05. The predicted molar refractivity (Wildman–Crippen MR) is 101 cm³/mol. The first-order chi connectivity index (χ1) is 12.7. The number of nitrogens with zero attached hydrogens (tertiary/aromatic N) is 1. The molecule has 2 aromatic carbocycles. The number of H-pyrrole nitrogens is 2. The smallest absolute Gasteiger partial charge is 0.323 e. The quantitative estimate of drug-likeness (QED) is 0.669. The van der Waals surface area contributed by atoms with Gasteiger partial charge in [-0.3, -0.25) is 4.79 Å². The largest absolute Gasteiger partial charge is 0.378 e. The Labute approximate surface area is 150 Å². The monoisotopic (exact) mass is 352 g/mol. The van der Waals surface area contributed by atoms with Gasteiger partial charge in [-0.2, -0.15) is 0 Å². The molecule has 0 radical (unpaired) electrons. The normalized spacial score (nSPS) is 14.5. The summed E-state index contributed by atoms with van der Waals surface area (Å²) in [6, 6.07) is 13.3. The zero-order valence-corrected chi connectivity index (χ0v) is 14.2. The Morgan fingerprint density at radius 1 is 1.08 bits per heavy atom. The van der Waals surface area contributed by atoms with Crippen LogP contribution in [0.3, 0.4) is 0 Å². The van der Waals surface area contributed by atoms with Gasteiger partial charge in [-0.05, 0) is 17.7 Å². The van der Waals surface area contributed by atoms with Crippen molar-refractivity contribution in [3.63, 3.8) is 0 Å². The van der Waals surface area contributed by atoms with Crippen LogP contribution in [-0.4, -0.2) is 42.2 Å². The number of aromatic nitrogens is 2. The van der Waals surface area contributed by atoms with Crippen LogP contribution in [0.2, 0.25) is 0 Å². The minimum absolute atomic E-state index is 0.0945. The molecule has 0 atom stereocenters. The molecule has 0 spiro atoms. The molecule has 0 unspecified atom stereocenters. The third-order valence-electron chi connectivity index (χ3n) is 4.47. The Bertz CT molecular complexity index is 971. The third-order valence-corrected chi connectivity index (χ3v) is 4.47. The molecule has 0 saturated carbocycles. The van der Waals surface area contributed by atoms with E-state index < -0.39 is 0 Å². The molecule has 3 aromatic rings. The molecule has 26 heavy (non-hydrogen) atoms. The number of benzene rings is 2. The highest BCUT2D eigenvalue weighted by molar-refractivity contribution is 5.99. The minimum Gasteiger partial charge on any atom is -0.378 e. The van der Waals surface area contributed by atoms with Crippen LogP contribution in [0.5, 0.6) is 0 Å². The highest BCUT2D eigenvalue weighted by Crippen LogP contribution is 2.30. The topological polar surface area (TPSA) is 90.2 Å². The summed E-state index contributed by atoms with van der Waals surface area (Å²) in [6.45, 7) is 2.75. The first-order valence-corrected chi connectivity index (χ1v) is 8.61. The standard InChI is InChI=1S/C19H20N4O3/c24-18(10-13-4-2-1-3-5-13)20-16-11-14-15(22-19(25)21-14)12-17(16)23-6-8-26-9-7-23/h1-5,11-12H,6-10H2,(H,20,24)(H2,21,22,25). The van der Waals surface area contributed by atoms with Crippen molar-refractivity contribution in [1.82, 2.24) is 9.97 Å². The predicted octanol–water partition coefficient (Wildman–Crippen LogP) is 1.87. The molecule has 134 valence electrons. The van der Waals surface area contributed by atoms with E-state index in [-0.39, 0.29) is 11.6 Å². The molecule has 0 aliphatic carbocycles. The Balaban J connectivity index is 1.65. The van der Waals surface area contributed by atoms with E-state index in [1.165, 1.54) is 0 Å². The minimum atomic E-state index is -0.263. The molecular formula is C19H20N4O3. The van der Waals surface area contributed by atoms with Gasteiger partial charge in [0, 0.05) is 13.1 Å². The number of hydrogen-bond acceptors (Lipinski definition) is 4. The van der Waals surface area contributed by atoms with Crippen LogP contribution in [-0.2, 0) is 16.0 Å². The second-order valence-electron chi connectivity index (χ2n) is 6.30. The van der Waals surface area contributed by atoms with Crippen molar-refractivity contribution in [3.05, 3.63) is 58.5 Å². The number of carbonyl (C=O) groups is 1. The number of carbonyl (C=O) groups excluding carboxylic acids is 1. The molecule has 1 aliphatic rings. The number of aromatic amines is 2. The van der Waals surface area contributed by atoms with E-state index in [4.69, 9.17) is 4.74 Å². The maximum absolute atomic E-state index is 12.5. The molecule has 1 saturated heterocycles. The van der Waals surface area contributed by atoms with Crippen molar-refractivity contribution in [2.75, 3.05) is 36.5 Å². The molecule has 7 nitrogen and oxygen atoms in total. The average molecular weight is 352 g/mol. The number of hydrogen-bond donors (Lipinski definition) is 3. The molecule has 2 heterocycles. The van der Waals surface area contributed by atoms with Gasteiger partial charge in [-0.15, -0.1) is 0 Å². The van der Waals surface area contributed by atoms with E-state index in [0.29, 0.717) is 30.8 Å². The molecule has 1 fully saturated rings. The fraction of sp³-hybridized carbons (Fsp3) is 0.263. The molecule has 1 amide bonds. The lowest BCUT2D eigenvalue weighted by molar-refractivity contribution is -0.115. The van der Waals surface area contributed by atoms with Gasteiger partial charge in [0.05, 0.1) is 42.0 Å². The highest BCUT2D eigenvalue weighted by Gasteiger charge is 2.18. The van der Waals surface area contributed by atoms with E-state index in [1.54, 1.807) is 6.07 Å². The van der Waals surface area contributed by atoms with Crippen LogP contribution in [0.1, 0.15) is 5.56 Å². The number of morpholine rings is 1. The molecule has 1 aromatic heterocycles. The van der Waals surface area contributed by atoms with Crippen molar-refractivity contribution in [2.24, 2.45) is 0 Å². The molecule has 3 N–H and O–H groups in total. The number of anilines is 2. The van der Waals surface area contributed by atoms with Gasteiger partial charge in [-0.1, -0.05) is 30.3 Å². The second-order valence-corrected chi connectivity index (χ2v) is 6.30. The van der Waals surface area contributed by atoms with Gasteiger partial charge in [-0.25, -0.2) is 4.79 Å². The summed E-state index contributed by atoms with van der Waals surface area (Å²) >= 11 is 0. The SMILES string of the molecule is O=C(Cc1ccccc1)Nc1cc2[nH]c(=O)[nH]c2cc1N1CCOCC1. The van der Waals surface area contributed by atoms with E-state index in [2.05, 4.69) is 20.2 Å². The summed E-state index contributed by atoms with van der Waals surface area (Å²) in [5.74, 6) is -0.0945. The van der Waals surface area contributed by atoms with Crippen molar-refractivity contribution < 1.29 is 9.53 Å². The lowest BCUT2D eigenvalue weighted by atomic mass is 10.1. The number of nitrogens with one attached hydrogen (secondary N) is 3. The Hall–Kier alpha value is -3.06. The number of rotatable bonds is 4. The summed E-state index contributed by atoms with van der Waals surface area (Å²) in [5, 5.41) is 3.00. The number of imidazole rings is 1. The first kappa shape index (κ1) is 16.4. The van der Waals surface area contributed by atoms with Crippen LogP contribution in [0.25, 0.3) is 11.0 Å². The molecule has 1 aliphatic heterocycles. The summed E-state index contributed by atoms with van der Waals surface area (Å²) in [7, 11) is 0. The summed E-state index contributed by atoms with van der Waals surface area (Å²) in [5.41, 5.74) is 3.65. The van der Waals surface area contributed by atoms with Crippen LogP contribution >= 0.6 is 0 Å². The lowest BCUT2D eigenvalue weighted by Crippen LogP contribution is -2.36. The highest BCUT2D eigenvalue weighted by atomic mass is 16.5. The van der Waals surface area contributed by atoms with Gasteiger partial charge >= 0.3 is 5.69 Å². The Morgan fingerprint density at radius 3 is 2.50 bits per heavy atom. The first-order valence-electron chi connectivity index (χ1n) is 8.61. The van der Waals surface area contributed by atoms with Gasteiger partial charge in [0.25, 0.3) is 0 Å². The fourth-order valence-electron chi connectivity index (χ4n) is 3.21. The molecule has 4 rings (SSSR count). The number of ether oxygens (including phenoxy) is 1. The molecule has 0 bridgehead atoms. The van der Waals surface area contributed by atoms with Crippen LogP contribution in [0, 0.1) is 0 Å². The Kier molecular flexibility index (Phi) is 4.45. The fourth-order valence-corrected chi connectivity index (χ4v) is 3.21. The van der Waals surface area contributed by atoms with Crippen LogP contribution in [0.4, 0.5) is 11.4 Å². The van der Waals surface area contributed by atoms with E-state index in [9.17, 15) is 9.59 Å². The molecule has 7 heteroatoms. The molecular weight excluding hydrogens is 332 g/mol. The Morgan fingerprint density at radius 2 is 1.77 bits per heavy atom. The zero-order chi connectivity index (χ0) is 17.9. The van der Waals surface area contributed by atoms with Crippen LogP contribution < -0.4 is 15.9 Å². The summed E-state index contributed by atoms with van der Waals surface area (Å²) in [6.07, 6.45) is 0.297. The zero-order valence-electron chi connectivity index (χ0n) is 14.2. The van der Waals surface area contributed by atoms with Crippen LogP contribution in [0.15, 0.2) is 47.3 Å². The van der Waals surface area contributed by atoms with E-state index in [0.717, 1.165) is 29.9 Å². The maximum Gasteiger partial charge on any atom is 0.323 e. The van der Waals surface area contributed by atoms with Crippen molar-refractivity contribution in [3.8, 4) is 0 Å². The summed E-state index contributed by atoms with van der Waals surface area (Å²) in [4.78, 5) is 31.8. The number of amides is 1. The van der Waals surface area contributed by atoms with Gasteiger partial charge in [0.15, 0.2) is 0 Å². The van der Waals surface area contributed by atoms with E-state index >= 15 is 0 Å². The third kappa shape index (κ3) is 3.48.